The number of fused-ring (bicyclic) bond motifs is 8. The highest BCUT2D eigenvalue weighted by molar-refractivity contribution is 6.13. The number of hydrogen-bond acceptors (Lipinski definition) is 1. The normalized spacial score (nSPS) is 13.6. The predicted molar refractivity (Wildman–Crippen MR) is 142 cm³/mol. The molecule has 2 nitrogen and oxygen atoms in total. The summed E-state index contributed by atoms with van der Waals surface area (Å²) in [6.07, 6.45) is 4.78. The van der Waals surface area contributed by atoms with Gasteiger partial charge in [-0.25, -0.2) is 4.98 Å². The highest BCUT2D eigenvalue weighted by Gasteiger charge is 2.29. The second kappa shape index (κ2) is 9.65. The molecule has 2 heteroatoms. The van der Waals surface area contributed by atoms with Crippen LogP contribution in [0.5, 0.6) is 0 Å². The molecule has 0 atom stereocenters. The van der Waals surface area contributed by atoms with Gasteiger partial charge in [-0.2, -0.15) is 0 Å². The summed E-state index contributed by atoms with van der Waals surface area (Å²) in [6, 6.07) is 13.8. The summed E-state index contributed by atoms with van der Waals surface area (Å²) in [7, 11) is 0. The predicted octanol–water partition coefficient (Wildman–Crippen LogP) is 8.81. The van der Waals surface area contributed by atoms with E-state index in [0.29, 0.717) is 5.92 Å². The van der Waals surface area contributed by atoms with Gasteiger partial charge >= 0.3 is 0 Å². The quantitative estimate of drug-likeness (QED) is 0.290. The highest BCUT2D eigenvalue weighted by atomic mass is 15.0. The van der Waals surface area contributed by atoms with Crippen LogP contribution >= 0.6 is 0 Å². The van der Waals surface area contributed by atoms with Gasteiger partial charge in [-0.1, -0.05) is 85.7 Å². The molecular weight excluding hydrogens is 388 g/mol. The van der Waals surface area contributed by atoms with Crippen molar-refractivity contribution in [3.05, 3.63) is 58.9 Å². The molecule has 0 bridgehead atoms. The largest absolute Gasteiger partial charge is 0.296 e. The molecule has 0 saturated carbocycles. The molecule has 5 rings (SSSR count). The highest BCUT2D eigenvalue weighted by Crippen LogP contribution is 2.41. The van der Waals surface area contributed by atoms with E-state index >= 15 is 0 Å². The van der Waals surface area contributed by atoms with E-state index in [1.807, 2.05) is 27.7 Å². The van der Waals surface area contributed by atoms with Crippen molar-refractivity contribution in [3.8, 4) is 0 Å². The zero-order valence-corrected chi connectivity index (χ0v) is 21.8. The van der Waals surface area contributed by atoms with Crippen molar-refractivity contribution in [2.45, 2.75) is 93.4 Å². The third-order valence-electron chi connectivity index (χ3n) is 7.24. The van der Waals surface area contributed by atoms with E-state index in [1.54, 1.807) is 0 Å². The van der Waals surface area contributed by atoms with Crippen molar-refractivity contribution < 1.29 is 0 Å². The molecule has 2 heterocycles. The van der Waals surface area contributed by atoms with Gasteiger partial charge in [0, 0.05) is 16.5 Å². The smallest absolute Gasteiger partial charge is 0.145 e. The summed E-state index contributed by atoms with van der Waals surface area (Å²) in [5.74, 6) is 0.552. The first kappa shape index (κ1) is 24.3. The Labute approximate surface area is 195 Å². The van der Waals surface area contributed by atoms with E-state index in [9.17, 15) is 0 Å². The minimum atomic E-state index is 0.0881. The average Bonchev–Trinajstić information content (AvgIpc) is 3.21. The van der Waals surface area contributed by atoms with Crippen LogP contribution in [-0.4, -0.2) is 9.38 Å². The number of rotatable bonds is 2. The van der Waals surface area contributed by atoms with E-state index in [-0.39, 0.29) is 5.41 Å². The Kier molecular flexibility index (Phi) is 7.32. The Balaban J connectivity index is 0.000000686. The van der Waals surface area contributed by atoms with Crippen molar-refractivity contribution in [2.75, 3.05) is 0 Å². The third-order valence-corrected chi connectivity index (χ3v) is 7.24. The number of nitrogens with zero attached hydrogens (tertiary/aromatic N) is 2. The van der Waals surface area contributed by atoms with Gasteiger partial charge < -0.3 is 0 Å². The van der Waals surface area contributed by atoms with Crippen molar-refractivity contribution in [2.24, 2.45) is 5.92 Å². The summed E-state index contributed by atoms with van der Waals surface area (Å²) in [5, 5.41) is 4.04. The molecule has 0 N–H and O–H groups in total. The van der Waals surface area contributed by atoms with E-state index in [1.165, 1.54) is 62.7 Å². The van der Waals surface area contributed by atoms with E-state index in [4.69, 9.17) is 4.98 Å². The summed E-state index contributed by atoms with van der Waals surface area (Å²) in [5.41, 5.74) is 8.07. The average molecular weight is 431 g/mol. The number of aryl methyl sites for hydroxylation is 3. The molecular formula is C30H42N2. The topological polar surface area (TPSA) is 17.3 Å². The van der Waals surface area contributed by atoms with Gasteiger partial charge in [0.15, 0.2) is 0 Å². The van der Waals surface area contributed by atoms with Crippen molar-refractivity contribution in [3.63, 3.8) is 0 Å². The first-order valence-electron chi connectivity index (χ1n) is 12.8. The molecule has 172 valence electrons. The van der Waals surface area contributed by atoms with Gasteiger partial charge in [-0.3, -0.25) is 4.40 Å². The third kappa shape index (κ3) is 3.83. The fraction of sp³-hybridized carbons (Fsp3) is 0.500. The number of imidazole rings is 1. The monoisotopic (exact) mass is 430 g/mol. The second-order valence-corrected chi connectivity index (χ2v) is 9.50. The lowest BCUT2D eigenvalue weighted by Crippen LogP contribution is -2.24. The molecule has 0 saturated heterocycles. The number of benzene rings is 2. The molecule has 2 aromatic carbocycles. The fourth-order valence-electron chi connectivity index (χ4n) is 4.89. The molecule has 1 aliphatic carbocycles. The van der Waals surface area contributed by atoms with E-state index in [2.05, 4.69) is 75.4 Å². The Morgan fingerprint density at radius 2 is 1.59 bits per heavy atom. The zero-order valence-electron chi connectivity index (χ0n) is 21.8. The van der Waals surface area contributed by atoms with Crippen LogP contribution in [0.4, 0.5) is 0 Å². The maximum Gasteiger partial charge on any atom is 0.145 e. The first-order chi connectivity index (χ1) is 15.4. The van der Waals surface area contributed by atoms with Gasteiger partial charge in [-0.05, 0) is 66.5 Å². The Hall–Kier alpha value is -2.35. The molecule has 1 aliphatic rings. The van der Waals surface area contributed by atoms with Crippen molar-refractivity contribution >= 4 is 27.3 Å². The number of hydrogen-bond donors (Lipinski definition) is 0. The molecule has 0 radical (unpaired) electrons. The Morgan fingerprint density at radius 1 is 0.906 bits per heavy atom. The van der Waals surface area contributed by atoms with Crippen LogP contribution in [0.3, 0.4) is 0 Å². The van der Waals surface area contributed by atoms with Crippen LogP contribution < -0.4 is 0 Å². The number of aromatic nitrogens is 2. The lowest BCUT2D eigenvalue weighted by atomic mass is 9.73. The Bertz CT molecular complexity index is 1220. The summed E-state index contributed by atoms with van der Waals surface area (Å²) in [4.78, 5) is 5.26. The number of pyridine rings is 1. The minimum absolute atomic E-state index is 0.0881. The van der Waals surface area contributed by atoms with Gasteiger partial charge in [0.25, 0.3) is 0 Å². The molecule has 0 aliphatic heterocycles. The van der Waals surface area contributed by atoms with Crippen LogP contribution in [0.1, 0.15) is 90.7 Å². The molecule has 0 spiro atoms. The summed E-state index contributed by atoms with van der Waals surface area (Å²) >= 11 is 0. The lowest BCUT2D eigenvalue weighted by molar-refractivity contribution is 0.375. The van der Waals surface area contributed by atoms with Gasteiger partial charge in [0.2, 0.25) is 0 Å². The summed E-state index contributed by atoms with van der Waals surface area (Å²) < 4.78 is 2.50. The maximum absolute atomic E-state index is 5.26. The van der Waals surface area contributed by atoms with E-state index < -0.39 is 0 Å². The lowest BCUT2D eigenvalue weighted by Gasteiger charge is -2.31. The van der Waals surface area contributed by atoms with Crippen molar-refractivity contribution in [1.82, 2.24) is 9.38 Å². The van der Waals surface area contributed by atoms with Crippen molar-refractivity contribution in [1.29, 1.82) is 0 Å². The summed E-state index contributed by atoms with van der Waals surface area (Å²) in [6.45, 7) is 19.6. The molecule has 0 fully saturated rings. The van der Waals surface area contributed by atoms with Crippen LogP contribution in [0.2, 0.25) is 0 Å². The van der Waals surface area contributed by atoms with Crippen LogP contribution in [0.25, 0.3) is 27.3 Å². The first-order valence-corrected chi connectivity index (χ1v) is 12.8. The molecule has 4 aromatic rings. The Morgan fingerprint density at radius 3 is 2.28 bits per heavy atom. The molecule has 32 heavy (non-hydrogen) atoms. The van der Waals surface area contributed by atoms with E-state index in [0.717, 1.165) is 12.8 Å². The zero-order chi connectivity index (χ0) is 23.6. The SMILES string of the molecule is CC.CC.Cc1ccc2c3cccc(C(C)(C)C(C)C)c3c3nc4c(n3c2c1)CCCC4. The maximum atomic E-state index is 5.26. The van der Waals surface area contributed by atoms with Crippen LogP contribution in [0, 0.1) is 12.8 Å². The van der Waals surface area contributed by atoms with Gasteiger partial charge in [-0.15, -0.1) is 0 Å². The molecule has 2 aromatic heterocycles. The van der Waals surface area contributed by atoms with Gasteiger partial charge in [0.05, 0.1) is 11.2 Å². The standard InChI is InChI=1S/C26H30N2.2C2H6/c1-16(2)26(4,5)20-10-8-9-19-18-14-13-17(3)15-23(18)28-22-12-7-6-11-21(22)27-25(28)24(19)20;2*1-2/h8-10,13-16H,6-7,11-12H2,1-5H3;2*1-2H3. The van der Waals surface area contributed by atoms with Gasteiger partial charge in [0.1, 0.15) is 5.65 Å². The van der Waals surface area contributed by atoms with Crippen LogP contribution in [0.15, 0.2) is 36.4 Å². The minimum Gasteiger partial charge on any atom is -0.296 e. The second-order valence-electron chi connectivity index (χ2n) is 9.50. The molecule has 0 amide bonds. The molecule has 0 unspecified atom stereocenters. The van der Waals surface area contributed by atoms with Crippen LogP contribution in [-0.2, 0) is 18.3 Å². The fourth-order valence-corrected chi connectivity index (χ4v) is 4.89.